The maximum Gasteiger partial charge on any atom is 0.252 e. The quantitative estimate of drug-likeness (QED) is 0.852. The fraction of sp³-hybridized carbons (Fsp3) is 0.353. The molecule has 0 unspecified atom stereocenters. The van der Waals surface area contributed by atoms with Crippen LogP contribution in [0.25, 0.3) is 0 Å². The molecule has 8 heteroatoms. The van der Waals surface area contributed by atoms with E-state index in [0.29, 0.717) is 40.9 Å². The van der Waals surface area contributed by atoms with Gasteiger partial charge in [0.2, 0.25) is 5.91 Å². The van der Waals surface area contributed by atoms with E-state index in [1.54, 1.807) is 30.3 Å². The number of hydrogen-bond acceptors (Lipinski definition) is 4. The molecule has 1 amide bonds. The number of anilines is 1. The summed E-state index contributed by atoms with van der Waals surface area (Å²) in [5, 5.41) is 3.48. The summed E-state index contributed by atoms with van der Waals surface area (Å²) in [6.07, 6.45) is 1.03. The van der Waals surface area contributed by atoms with Gasteiger partial charge in [-0.05, 0) is 56.2 Å². The Morgan fingerprint density at radius 2 is 1.80 bits per heavy atom. The van der Waals surface area contributed by atoms with E-state index in [0.717, 1.165) is 4.88 Å². The number of benzene rings is 1. The lowest BCUT2D eigenvalue weighted by Gasteiger charge is -2.30. The Kier molecular flexibility index (Phi) is 5.48. The molecule has 1 N–H and O–H groups in total. The third-order valence-electron chi connectivity index (χ3n) is 4.25. The minimum absolute atomic E-state index is 0.0775. The topological polar surface area (TPSA) is 66.5 Å². The second-order valence-corrected chi connectivity index (χ2v) is 9.93. The Labute approximate surface area is 156 Å². The van der Waals surface area contributed by atoms with Gasteiger partial charge < -0.3 is 5.32 Å². The van der Waals surface area contributed by atoms with E-state index in [9.17, 15) is 13.2 Å². The third kappa shape index (κ3) is 4.23. The van der Waals surface area contributed by atoms with Crippen molar-refractivity contribution in [2.45, 2.75) is 24.0 Å². The van der Waals surface area contributed by atoms with Gasteiger partial charge in [-0.25, -0.2) is 8.42 Å². The van der Waals surface area contributed by atoms with Gasteiger partial charge in [0.25, 0.3) is 10.0 Å². The zero-order chi connectivity index (χ0) is 18.0. The van der Waals surface area contributed by atoms with Crippen LogP contribution in [0.5, 0.6) is 0 Å². The molecule has 0 spiro atoms. The average molecular weight is 399 g/mol. The minimum Gasteiger partial charge on any atom is -0.326 e. The van der Waals surface area contributed by atoms with Gasteiger partial charge in [-0.1, -0.05) is 11.6 Å². The normalized spacial score (nSPS) is 16.7. The van der Waals surface area contributed by atoms with Crippen molar-refractivity contribution in [3.63, 3.8) is 0 Å². The lowest BCUT2D eigenvalue weighted by molar-refractivity contribution is -0.120. The molecule has 5 nitrogen and oxygen atoms in total. The Morgan fingerprint density at radius 1 is 1.16 bits per heavy atom. The fourth-order valence-corrected chi connectivity index (χ4v) is 5.85. The summed E-state index contributed by atoms with van der Waals surface area (Å²) in [6.45, 7) is 2.60. The Bertz CT molecular complexity index is 854. The first-order chi connectivity index (χ1) is 11.9. The van der Waals surface area contributed by atoms with Crippen LogP contribution < -0.4 is 5.32 Å². The second kappa shape index (κ2) is 7.45. The smallest absolute Gasteiger partial charge is 0.252 e. The zero-order valence-corrected chi connectivity index (χ0v) is 16.1. The van der Waals surface area contributed by atoms with Crippen molar-refractivity contribution in [2.75, 3.05) is 18.4 Å². The molecule has 0 aliphatic carbocycles. The van der Waals surface area contributed by atoms with E-state index >= 15 is 0 Å². The Hall–Kier alpha value is -1.41. The van der Waals surface area contributed by atoms with Crippen LogP contribution in [0.15, 0.2) is 40.6 Å². The number of rotatable bonds is 4. The number of nitrogens with zero attached hydrogens (tertiary/aromatic N) is 1. The number of carbonyl (C=O) groups is 1. The monoisotopic (exact) mass is 398 g/mol. The molecule has 1 saturated heterocycles. The molecule has 2 aromatic rings. The first kappa shape index (κ1) is 18.4. The van der Waals surface area contributed by atoms with Crippen molar-refractivity contribution in [1.82, 2.24) is 4.31 Å². The van der Waals surface area contributed by atoms with Crippen LogP contribution >= 0.6 is 22.9 Å². The molecule has 1 aromatic carbocycles. The SMILES string of the molecule is Cc1ccc(S(=O)(=O)N2CCC(C(=O)Nc3ccc(Cl)cc3)CC2)s1. The molecule has 134 valence electrons. The van der Waals surface area contributed by atoms with E-state index in [1.165, 1.54) is 15.6 Å². The van der Waals surface area contributed by atoms with Gasteiger partial charge in [0, 0.05) is 34.6 Å². The summed E-state index contributed by atoms with van der Waals surface area (Å²) in [5.74, 6) is -0.265. The van der Waals surface area contributed by atoms with Gasteiger partial charge in [-0.2, -0.15) is 4.31 Å². The highest BCUT2D eigenvalue weighted by atomic mass is 35.5. The number of piperidine rings is 1. The molecule has 25 heavy (non-hydrogen) atoms. The van der Waals surface area contributed by atoms with E-state index in [2.05, 4.69) is 5.32 Å². The number of carbonyl (C=O) groups excluding carboxylic acids is 1. The summed E-state index contributed by atoms with van der Waals surface area (Å²) in [4.78, 5) is 13.3. The molecule has 1 aliphatic heterocycles. The van der Waals surface area contributed by atoms with E-state index < -0.39 is 10.0 Å². The Balaban J connectivity index is 1.59. The highest BCUT2D eigenvalue weighted by Gasteiger charge is 2.32. The van der Waals surface area contributed by atoms with Crippen LogP contribution in [0.4, 0.5) is 5.69 Å². The molecule has 1 aromatic heterocycles. The highest BCUT2D eigenvalue weighted by Crippen LogP contribution is 2.28. The lowest BCUT2D eigenvalue weighted by atomic mass is 9.97. The zero-order valence-electron chi connectivity index (χ0n) is 13.7. The molecule has 3 rings (SSSR count). The maximum atomic E-state index is 12.6. The predicted octanol–water partition coefficient (Wildman–Crippen LogP) is 3.75. The summed E-state index contributed by atoms with van der Waals surface area (Å²) in [5.41, 5.74) is 0.693. The number of sulfonamides is 1. The number of thiophene rings is 1. The number of halogens is 1. The van der Waals surface area contributed by atoms with Crippen LogP contribution in [0.2, 0.25) is 5.02 Å². The number of aryl methyl sites for hydroxylation is 1. The second-order valence-electron chi connectivity index (χ2n) is 6.04. The fourth-order valence-electron chi connectivity index (χ4n) is 2.81. The standard InChI is InChI=1S/C17H19ClN2O3S2/c1-12-2-7-16(24-12)25(22,23)20-10-8-13(9-11-20)17(21)19-15-5-3-14(18)4-6-15/h2-7,13H,8-11H2,1H3,(H,19,21). The van der Waals surface area contributed by atoms with E-state index in [-0.39, 0.29) is 11.8 Å². The third-order valence-corrected chi connectivity index (χ3v) is 7.87. The number of amides is 1. The van der Waals surface area contributed by atoms with Crippen molar-refractivity contribution in [3.05, 3.63) is 46.3 Å². The predicted molar refractivity (Wildman–Crippen MR) is 101 cm³/mol. The van der Waals surface area contributed by atoms with Crippen LogP contribution in [-0.2, 0) is 14.8 Å². The lowest BCUT2D eigenvalue weighted by Crippen LogP contribution is -2.41. The number of nitrogens with one attached hydrogen (secondary N) is 1. The van der Waals surface area contributed by atoms with Gasteiger partial charge in [0.1, 0.15) is 4.21 Å². The molecule has 2 heterocycles. The first-order valence-corrected chi connectivity index (χ1v) is 10.6. The average Bonchev–Trinajstić information content (AvgIpc) is 3.04. The van der Waals surface area contributed by atoms with Gasteiger partial charge in [0.05, 0.1) is 0 Å². The molecular formula is C17H19ClN2O3S2. The Morgan fingerprint density at radius 3 is 2.36 bits per heavy atom. The molecule has 0 saturated carbocycles. The summed E-state index contributed by atoms with van der Waals surface area (Å²) in [7, 11) is -3.45. The van der Waals surface area contributed by atoms with Crippen molar-refractivity contribution in [2.24, 2.45) is 5.92 Å². The van der Waals surface area contributed by atoms with Crippen LogP contribution in [0, 0.1) is 12.8 Å². The summed E-state index contributed by atoms with van der Waals surface area (Å²) < 4.78 is 27.1. The van der Waals surface area contributed by atoms with Gasteiger partial charge in [-0.15, -0.1) is 11.3 Å². The van der Waals surface area contributed by atoms with Gasteiger partial charge >= 0.3 is 0 Å². The van der Waals surface area contributed by atoms with Crippen LogP contribution in [0.1, 0.15) is 17.7 Å². The minimum atomic E-state index is -3.45. The molecular weight excluding hydrogens is 380 g/mol. The highest BCUT2D eigenvalue weighted by molar-refractivity contribution is 7.91. The van der Waals surface area contributed by atoms with Crippen LogP contribution in [0.3, 0.4) is 0 Å². The molecule has 0 atom stereocenters. The summed E-state index contributed by atoms with van der Waals surface area (Å²) >= 11 is 7.11. The van der Waals surface area contributed by atoms with Crippen molar-refractivity contribution < 1.29 is 13.2 Å². The van der Waals surface area contributed by atoms with Crippen molar-refractivity contribution in [1.29, 1.82) is 0 Å². The number of hydrogen-bond donors (Lipinski definition) is 1. The van der Waals surface area contributed by atoms with Crippen molar-refractivity contribution in [3.8, 4) is 0 Å². The molecule has 1 fully saturated rings. The van der Waals surface area contributed by atoms with E-state index in [1.807, 2.05) is 13.0 Å². The summed E-state index contributed by atoms with van der Waals surface area (Å²) in [6, 6.07) is 10.4. The molecule has 0 bridgehead atoms. The van der Waals surface area contributed by atoms with Gasteiger partial charge in [0.15, 0.2) is 0 Å². The largest absolute Gasteiger partial charge is 0.326 e. The molecule has 1 aliphatic rings. The van der Waals surface area contributed by atoms with Gasteiger partial charge in [-0.3, -0.25) is 4.79 Å². The van der Waals surface area contributed by atoms with E-state index in [4.69, 9.17) is 11.6 Å². The van der Waals surface area contributed by atoms with Crippen molar-refractivity contribution >= 4 is 44.6 Å². The maximum absolute atomic E-state index is 12.6. The first-order valence-electron chi connectivity index (χ1n) is 7.99. The van der Waals surface area contributed by atoms with Crippen LogP contribution in [-0.4, -0.2) is 31.7 Å². The molecule has 0 radical (unpaired) electrons.